The van der Waals surface area contributed by atoms with E-state index in [0.717, 1.165) is 36.6 Å². The summed E-state index contributed by atoms with van der Waals surface area (Å²) in [6, 6.07) is 12.8. The summed E-state index contributed by atoms with van der Waals surface area (Å²) in [4.78, 5) is 28.6. The molecule has 2 aromatic carbocycles. The largest absolute Gasteiger partial charge is 0.493 e. The second kappa shape index (κ2) is 10.4. The van der Waals surface area contributed by atoms with Crippen LogP contribution in [0.4, 0.5) is 4.79 Å². The maximum atomic E-state index is 13.6. The van der Waals surface area contributed by atoms with E-state index in [1.54, 1.807) is 27.9 Å². The fraction of sp³-hybridized carbons (Fsp3) is 0.548. The highest BCUT2D eigenvalue weighted by Gasteiger charge is 2.62. The Morgan fingerprint density at radius 3 is 2.62 bits per heavy atom. The van der Waals surface area contributed by atoms with Crippen molar-refractivity contribution in [1.29, 1.82) is 0 Å². The summed E-state index contributed by atoms with van der Waals surface area (Å²) in [5.74, 6) is 1.14. The van der Waals surface area contributed by atoms with E-state index in [1.165, 1.54) is 11.1 Å². The lowest BCUT2D eigenvalue weighted by Crippen LogP contribution is -2.47. The Balaban J connectivity index is 1.40. The van der Waals surface area contributed by atoms with E-state index in [9.17, 15) is 9.59 Å². The van der Waals surface area contributed by atoms with Gasteiger partial charge in [-0.25, -0.2) is 9.59 Å². The highest BCUT2D eigenvalue weighted by atomic mass is 16.6. The molecule has 0 bridgehead atoms. The van der Waals surface area contributed by atoms with Crippen molar-refractivity contribution in [2.24, 2.45) is 5.92 Å². The minimum atomic E-state index is -0.878. The van der Waals surface area contributed by atoms with E-state index in [4.69, 9.17) is 18.9 Å². The molecule has 1 spiro atoms. The number of benzene rings is 2. The monoisotopic (exact) mass is 536 g/mol. The van der Waals surface area contributed by atoms with Gasteiger partial charge in [-0.1, -0.05) is 43.3 Å². The summed E-state index contributed by atoms with van der Waals surface area (Å²) in [7, 11) is 3.81. The number of methoxy groups -OCH3 is 1. The first kappa shape index (κ1) is 27.3. The number of hydrogen-bond donors (Lipinski definition) is 1. The Bertz CT molecular complexity index is 1230. The average Bonchev–Trinajstić information content (AvgIpc) is 3.26. The molecule has 39 heavy (non-hydrogen) atoms. The Labute approximate surface area is 230 Å². The maximum absolute atomic E-state index is 13.6. The van der Waals surface area contributed by atoms with Crippen LogP contribution in [0, 0.1) is 5.92 Å². The van der Waals surface area contributed by atoms with Gasteiger partial charge in [0.15, 0.2) is 11.5 Å². The van der Waals surface area contributed by atoms with Crippen LogP contribution in [0.5, 0.6) is 11.5 Å². The van der Waals surface area contributed by atoms with Crippen molar-refractivity contribution in [2.75, 3.05) is 20.7 Å². The van der Waals surface area contributed by atoms with E-state index in [0.29, 0.717) is 12.8 Å². The number of carbonyl (C=O) groups excluding carboxylic acids is 2. The molecule has 5 rings (SSSR count). The summed E-state index contributed by atoms with van der Waals surface area (Å²) in [5, 5.41) is 2.76. The third kappa shape index (κ3) is 5.19. The van der Waals surface area contributed by atoms with Gasteiger partial charge in [0, 0.05) is 36.3 Å². The number of nitrogens with zero attached hydrogens (tertiary/aromatic N) is 1. The number of rotatable bonds is 6. The van der Waals surface area contributed by atoms with Gasteiger partial charge in [0.1, 0.15) is 23.9 Å². The first-order valence-corrected chi connectivity index (χ1v) is 13.8. The van der Waals surface area contributed by atoms with Crippen molar-refractivity contribution in [3.63, 3.8) is 0 Å². The van der Waals surface area contributed by atoms with Crippen LogP contribution in [0.3, 0.4) is 0 Å². The second-order valence-corrected chi connectivity index (χ2v) is 12.2. The third-order valence-electron chi connectivity index (χ3n) is 8.42. The van der Waals surface area contributed by atoms with Crippen LogP contribution in [0.25, 0.3) is 0 Å². The zero-order valence-corrected chi connectivity index (χ0v) is 23.8. The predicted octanol–water partition coefficient (Wildman–Crippen LogP) is 4.62. The maximum Gasteiger partial charge on any atom is 0.408 e. The molecule has 210 valence electrons. The molecule has 8 nitrogen and oxygen atoms in total. The lowest BCUT2D eigenvalue weighted by atomic mass is 9.69. The zero-order valence-electron chi connectivity index (χ0n) is 23.8. The summed E-state index contributed by atoms with van der Waals surface area (Å²) in [6.07, 6.45) is 0.680. The Morgan fingerprint density at radius 2 is 1.92 bits per heavy atom. The molecular weight excluding hydrogens is 496 g/mol. The van der Waals surface area contributed by atoms with Crippen LogP contribution in [0.15, 0.2) is 42.5 Å². The quantitative estimate of drug-likeness (QED) is 0.540. The van der Waals surface area contributed by atoms with Gasteiger partial charge in [-0.3, -0.25) is 0 Å². The summed E-state index contributed by atoms with van der Waals surface area (Å²) >= 11 is 0. The highest BCUT2D eigenvalue weighted by Crippen LogP contribution is 2.61. The number of amides is 1. The fourth-order valence-electron chi connectivity index (χ4n) is 6.59. The van der Waals surface area contributed by atoms with Gasteiger partial charge in [0.25, 0.3) is 0 Å². The van der Waals surface area contributed by atoms with E-state index in [2.05, 4.69) is 30.3 Å². The summed E-state index contributed by atoms with van der Waals surface area (Å²) in [6.45, 7) is 9.29. The molecule has 0 aromatic heterocycles. The minimum absolute atomic E-state index is 0.0176. The van der Waals surface area contributed by atoms with Gasteiger partial charge in [0.05, 0.1) is 7.11 Å². The zero-order chi connectivity index (χ0) is 27.9. The Hall–Kier alpha value is -3.26. The number of alkyl carbamates (subject to hydrolysis) is 1. The third-order valence-corrected chi connectivity index (χ3v) is 8.42. The first-order valence-electron chi connectivity index (χ1n) is 13.8. The van der Waals surface area contributed by atoms with Gasteiger partial charge >= 0.3 is 12.1 Å². The van der Waals surface area contributed by atoms with Crippen molar-refractivity contribution in [3.05, 3.63) is 59.2 Å². The number of hydrogen-bond acceptors (Lipinski definition) is 7. The average molecular weight is 537 g/mol. The molecule has 1 N–H and O–H groups in total. The SMILES string of the molecule is COc1ccc2c3c1O[C@H]1C[C@@H](OC(=O)C(Cc4ccccc4)NC(=O)OC(C)(C)C)C(C)[C@@]31CCN(C)C2. The lowest BCUT2D eigenvalue weighted by molar-refractivity contribution is -0.153. The first-order chi connectivity index (χ1) is 18.5. The summed E-state index contributed by atoms with van der Waals surface area (Å²) in [5.41, 5.74) is 2.40. The van der Waals surface area contributed by atoms with Gasteiger partial charge < -0.3 is 29.2 Å². The van der Waals surface area contributed by atoms with Gasteiger partial charge in [0.2, 0.25) is 0 Å². The molecule has 0 saturated heterocycles. The molecule has 1 fully saturated rings. The topological polar surface area (TPSA) is 86.3 Å². The normalized spacial score (nSPS) is 26.5. The molecule has 2 aromatic rings. The van der Waals surface area contributed by atoms with Crippen molar-refractivity contribution in [2.45, 2.75) is 82.8 Å². The van der Waals surface area contributed by atoms with Crippen molar-refractivity contribution in [3.8, 4) is 11.5 Å². The van der Waals surface area contributed by atoms with Crippen molar-refractivity contribution >= 4 is 12.1 Å². The number of ether oxygens (including phenoxy) is 4. The molecule has 3 aliphatic rings. The van der Waals surface area contributed by atoms with Crippen molar-refractivity contribution < 1.29 is 28.5 Å². The van der Waals surface area contributed by atoms with Crippen molar-refractivity contribution in [1.82, 2.24) is 10.2 Å². The molecule has 1 saturated carbocycles. The Kier molecular flexibility index (Phi) is 7.27. The van der Waals surface area contributed by atoms with E-state index in [-0.39, 0.29) is 23.5 Å². The van der Waals surface area contributed by atoms with Gasteiger partial charge in [-0.05, 0) is 58.0 Å². The highest BCUT2D eigenvalue weighted by molar-refractivity contribution is 5.82. The Morgan fingerprint density at radius 1 is 1.18 bits per heavy atom. The van der Waals surface area contributed by atoms with Crippen LogP contribution in [-0.4, -0.2) is 61.5 Å². The number of nitrogens with one attached hydrogen (secondary N) is 1. The standard InChI is InChI=1S/C31H40N2O6/c1-19-24(37-28(34)22(16-20-10-8-7-9-11-20)32-29(35)39-30(2,3)4)17-25-31(19)14-15-33(5)18-21-12-13-23(36-6)27(38-25)26(21)31/h7-13,19,22,24-25H,14-18H2,1-6H3,(H,32,35)/t19?,22?,24-,25+,31-/m1/s1. The molecule has 2 aliphatic heterocycles. The van der Waals surface area contributed by atoms with Crippen LogP contribution in [0.1, 0.15) is 57.2 Å². The van der Waals surface area contributed by atoms with Crippen LogP contribution >= 0.6 is 0 Å². The molecule has 1 aliphatic carbocycles. The molecule has 1 amide bonds. The molecule has 0 radical (unpaired) electrons. The second-order valence-electron chi connectivity index (χ2n) is 12.2. The fourth-order valence-corrected chi connectivity index (χ4v) is 6.59. The van der Waals surface area contributed by atoms with E-state index >= 15 is 0 Å². The van der Waals surface area contributed by atoms with E-state index in [1.807, 2.05) is 36.4 Å². The molecule has 2 unspecified atom stereocenters. The van der Waals surface area contributed by atoms with Gasteiger partial charge in [-0.2, -0.15) is 0 Å². The summed E-state index contributed by atoms with van der Waals surface area (Å²) < 4.78 is 23.9. The van der Waals surface area contributed by atoms with Crippen LogP contribution < -0.4 is 14.8 Å². The minimum Gasteiger partial charge on any atom is -0.493 e. The van der Waals surface area contributed by atoms with Gasteiger partial charge in [-0.15, -0.1) is 0 Å². The predicted molar refractivity (Wildman–Crippen MR) is 147 cm³/mol. The van der Waals surface area contributed by atoms with Crippen LogP contribution in [-0.2, 0) is 32.6 Å². The molecule has 8 heteroatoms. The number of esters is 1. The number of carbonyl (C=O) groups is 2. The molecular formula is C31H40N2O6. The van der Waals surface area contributed by atoms with Crippen LogP contribution in [0.2, 0.25) is 0 Å². The molecule has 2 heterocycles. The molecule has 5 atom stereocenters. The smallest absolute Gasteiger partial charge is 0.408 e. The lowest BCUT2D eigenvalue weighted by Gasteiger charge is -2.34. The van der Waals surface area contributed by atoms with E-state index < -0.39 is 23.7 Å².